The molecule has 15 heavy (non-hydrogen) atoms. The van der Waals surface area contributed by atoms with Gasteiger partial charge in [0, 0.05) is 11.6 Å². The number of thiazole rings is 1. The molecule has 1 aromatic heterocycles. The zero-order valence-corrected chi connectivity index (χ0v) is 10.4. The van der Waals surface area contributed by atoms with Crippen molar-refractivity contribution in [2.75, 3.05) is 6.54 Å². The third-order valence-electron chi connectivity index (χ3n) is 3.06. The van der Waals surface area contributed by atoms with Gasteiger partial charge in [0.1, 0.15) is 5.01 Å². The Bertz CT molecular complexity index is 293. The van der Waals surface area contributed by atoms with Crippen LogP contribution in [0.3, 0.4) is 0 Å². The highest BCUT2D eigenvalue weighted by molar-refractivity contribution is 7.09. The molecule has 84 valence electrons. The van der Waals surface area contributed by atoms with Gasteiger partial charge in [0.25, 0.3) is 0 Å². The minimum Gasteiger partial charge on any atom is -0.306 e. The highest BCUT2D eigenvalue weighted by atomic mass is 32.1. The molecule has 3 heteroatoms. The Morgan fingerprint density at radius 1 is 1.60 bits per heavy atom. The van der Waals surface area contributed by atoms with Crippen LogP contribution in [0.25, 0.3) is 0 Å². The standard InChI is InChI=1S/C12H20N2S/c1-3-6-14-12(2,9-10-4-5-10)11-13-7-8-15-11/h7-8,10,14H,3-6,9H2,1-2H3. The monoisotopic (exact) mass is 224 g/mol. The highest BCUT2D eigenvalue weighted by Gasteiger charge is 2.35. The van der Waals surface area contributed by atoms with Crippen LogP contribution in [0.1, 0.15) is 44.5 Å². The minimum atomic E-state index is 0.116. The largest absolute Gasteiger partial charge is 0.306 e. The lowest BCUT2D eigenvalue weighted by Crippen LogP contribution is -2.40. The van der Waals surface area contributed by atoms with E-state index in [0.29, 0.717) is 0 Å². The number of rotatable bonds is 6. The molecule has 1 unspecified atom stereocenters. The van der Waals surface area contributed by atoms with Gasteiger partial charge in [-0.3, -0.25) is 0 Å². The highest BCUT2D eigenvalue weighted by Crippen LogP contribution is 2.41. The summed E-state index contributed by atoms with van der Waals surface area (Å²) in [5.41, 5.74) is 0.116. The van der Waals surface area contributed by atoms with E-state index < -0.39 is 0 Å². The molecule has 1 fully saturated rings. The number of nitrogens with zero attached hydrogens (tertiary/aromatic N) is 1. The van der Waals surface area contributed by atoms with Crippen molar-refractivity contribution in [2.24, 2.45) is 5.92 Å². The average Bonchev–Trinajstić information content (AvgIpc) is 2.87. The second-order valence-electron chi connectivity index (χ2n) is 4.74. The van der Waals surface area contributed by atoms with Crippen molar-refractivity contribution >= 4 is 11.3 Å². The molecule has 1 aliphatic rings. The van der Waals surface area contributed by atoms with Gasteiger partial charge in [-0.25, -0.2) is 4.98 Å². The molecule has 0 aromatic carbocycles. The molecule has 2 nitrogen and oxygen atoms in total. The number of nitrogens with one attached hydrogen (secondary N) is 1. The maximum Gasteiger partial charge on any atom is 0.112 e. The number of hydrogen-bond donors (Lipinski definition) is 1. The summed E-state index contributed by atoms with van der Waals surface area (Å²) >= 11 is 1.78. The normalized spacial score (nSPS) is 20.1. The topological polar surface area (TPSA) is 24.9 Å². The van der Waals surface area contributed by atoms with E-state index in [1.807, 2.05) is 6.20 Å². The Balaban J connectivity index is 2.06. The molecule has 0 aliphatic heterocycles. The molecular weight excluding hydrogens is 204 g/mol. The smallest absolute Gasteiger partial charge is 0.112 e. The van der Waals surface area contributed by atoms with E-state index in [9.17, 15) is 0 Å². The Morgan fingerprint density at radius 3 is 2.93 bits per heavy atom. The summed E-state index contributed by atoms with van der Waals surface area (Å²) in [5, 5.41) is 7.00. The predicted molar refractivity (Wildman–Crippen MR) is 65.1 cm³/mol. The van der Waals surface area contributed by atoms with Gasteiger partial charge in [0.2, 0.25) is 0 Å². The fourth-order valence-corrected chi connectivity index (χ4v) is 2.82. The Hall–Kier alpha value is -0.410. The van der Waals surface area contributed by atoms with Crippen LogP contribution in [0.5, 0.6) is 0 Å². The van der Waals surface area contributed by atoms with Crippen molar-refractivity contribution in [3.8, 4) is 0 Å². The molecule has 1 aromatic rings. The summed E-state index contributed by atoms with van der Waals surface area (Å²) in [6.45, 7) is 5.61. The van der Waals surface area contributed by atoms with E-state index in [1.165, 1.54) is 30.7 Å². The molecule has 0 spiro atoms. The van der Waals surface area contributed by atoms with Gasteiger partial charge in [-0.2, -0.15) is 0 Å². The molecule has 1 aliphatic carbocycles. The summed E-state index contributed by atoms with van der Waals surface area (Å²) in [7, 11) is 0. The molecule has 2 rings (SSSR count). The first-order valence-electron chi connectivity index (χ1n) is 5.89. The van der Waals surface area contributed by atoms with Crippen LogP contribution in [-0.2, 0) is 5.54 Å². The van der Waals surface area contributed by atoms with Gasteiger partial charge in [-0.15, -0.1) is 11.3 Å². The third-order valence-corrected chi connectivity index (χ3v) is 4.10. The van der Waals surface area contributed by atoms with Gasteiger partial charge < -0.3 is 5.32 Å². The molecule has 0 amide bonds. The lowest BCUT2D eigenvalue weighted by atomic mass is 9.95. The molecule has 1 saturated carbocycles. The summed E-state index contributed by atoms with van der Waals surface area (Å²) in [6.07, 6.45) is 7.18. The predicted octanol–water partition coefficient (Wildman–Crippen LogP) is 3.16. The van der Waals surface area contributed by atoms with Crippen molar-refractivity contribution < 1.29 is 0 Å². The van der Waals surface area contributed by atoms with Crippen LogP contribution in [0.2, 0.25) is 0 Å². The van der Waals surface area contributed by atoms with Crippen molar-refractivity contribution in [1.82, 2.24) is 10.3 Å². The Labute approximate surface area is 96.1 Å². The Kier molecular flexibility index (Phi) is 3.42. The second kappa shape index (κ2) is 4.62. The minimum absolute atomic E-state index is 0.116. The van der Waals surface area contributed by atoms with Crippen LogP contribution >= 0.6 is 11.3 Å². The maximum atomic E-state index is 4.48. The maximum absolute atomic E-state index is 4.48. The summed E-state index contributed by atoms with van der Waals surface area (Å²) in [4.78, 5) is 4.48. The third kappa shape index (κ3) is 2.79. The lowest BCUT2D eigenvalue weighted by Gasteiger charge is -2.29. The van der Waals surface area contributed by atoms with Crippen LogP contribution in [-0.4, -0.2) is 11.5 Å². The van der Waals surface area contributed by atoms with E-state index in [2.05, 4.69) is 29.5 Å². The molecule has 0 saturated heterocycles. The number of aromatic nitrogens is 1. The second-order valence-corrected chi connectivity index (χ2v) is 5.64. The molecule has 1 atom stereocenters. The van der Waals surface area contributed by atoms with Gasteiger partial charge in [-0.1, -0.05) is 19.8 Å². The number of hydrogen-bond acceptors (Lipinski definition) is 3. The molecule has 1 heterocycles. The lowest BCUT2D eigenvalue weighted by molar-refractivity contribution is 0.322. The van der Waals surface area contributed by atoms with E-state index in [1.54, 1.807) is 11.3 Å². The van der Waals surface area contributed by atoms with Crippen molar-refractivity contribution in [3.05, 3.63) is 16.6 Å². The SMILES string of the molecule is CCCNC(C)(CC1CC1)c1nccs1. The van der Waals surface area contributed by atoms with Crippen LogP contribution < -0.4 is 5.32 Å². The van der Waals surface area contributed by atoms with Gasteiger partial charge >= 0.3 is 0 Å². The van der Waals surface area contributed by atoms with Gasteiger partial charge in [0.05, 0.1) is 5.54 Å². The zero-order chi connectivity index (χ0) is 10.7. The molecular formula is C12H20N2S. The van der Waals surface area contributed by atoms with Crippen molar-refractivity contribution in [1.29, 1.82) is 0 Å². The van der Waals surface area contributed by atoms with Gasteiger partial charge in [-0.05, 0) is 32.2 Å². The molecule has 0 bridgehead atoms. The fourth-order valence-electron chi connectivity index (χ4n) is 2.03. The summed E-state index contributed by atoms with van der Waals surface area (Å²) < 4.78 is 0. The summed E-state index contributed by atoms with van der Waals surface area (Å²) in [5.74, 6) is 0.934. The fraction of sp³-hybridized carbons (Fsp3) is 0.750. The first kappa shape index (κ1) is 11.1. The Morgan fingerprint density at radius 2 is 2.40 bits per heavy atom. The average molecular weight is 224 g/mol. The van der Waals surface area contributed by atoms with Crippen LogP contribution in [0.15, 0.2) is 11.6 Å². The van der Waals surface area contributed by atoms with Crippen LogP contribution in [0, 0.1) is 5.92 Å². The van der Waals surface area contributed by atoms with Crippen LogP contribution in [0.4, 0.5) is 0 Å². The van der Waals surface area contributed by atoms with Crippen molar-refractivity contribution in [3.63, 3.8) is 0 Å². The van der Waals surface area contributed by atoms with E-state index in [4.69, 9.17) is 0 Å². The zero-order valence-electron chi connectivity index (χ0n) is 9.62. The quantitative estimate of drug-likeness (QED) is 0.803. The van der Waals surface area contributed by atoms with Crippen molar-refractivity contribution in [2.45, 2.75) is 45.1 Å². The first-order valence-corrected chi connectivity index (χ1v) is 6.77. The van der Waals surface area contributed by atoms with E-state index >= 15 is 0 Å². The first-order chi connectivity index (χ1) is 7.24. The molecule has 1 N–H and O–H groups in total. The van der Waals surface area contributed by atoms with E-state index in [0.717, 1.165) is 12.5 Å². The van der Waals surface area contributed by atoms with E-state index in [-0.39, 0.29) is 5.54 Å². The molecule has 0 radical (unpaired) electrons. The summed E-state index contributed by atoms with van der Waals surface area (Å²) in [6, 6.07) is 0. The van der Waals surface area contributed by atoms with Gasteiger partial charge in [0.15, 0.2) is 0 Å².